The Balaban J connectivity index is 2.00. The van der Waals surface area contributed by atoms with Crippen LogP contribution < -0.4 is 5.73 Å². The summed E-state index contributed by atoms with van der Waals surface area (Å²) in [4.78, 5) is 0. The maximum absolute atomic E-state index is 4.51. The van der Waals surface area contributed by atoms with Crippen LogP contribution in [0.15, 0.2) is 0 Å². The van der Waals surface area contributed by atoms with E-state index in [9.17, 15) is 0 Å². The van der Waals surface area contributed by atoms with Crippen LogP contribution in [0.3, 0.4) is 0 Å². The number of quaternary nitrogens is 1. The molecule has 0 aromatic carbocycles. The number of hydrogen-bond acceptors (Lipinski definition) is 0. The van der Waals surface area contributed by atoms with Crippen molar-refractivity contribution in [3.63, 3.8) is 0 Å². The fraction of sp³-hybridized carbons (Fsp3) is 1.00. The molecule has 0 aromatic heterocycles. The van der Waals surface area contributed by atoms with E-state index >= 15 is 0 Å². The Labute approximate surface area is 68.3 Å². The minimum Gasteiger partial charge on any atom is -0.352 e. The number of hydrogen-bond donors (Lipinski definition) is 1. The van der Waals surface area contributed by atoms with E-state index in [1.165, 1.54) is 38.5 Å². The van der Waals surface area contributed by atoms with Crippen LogP contribution >= 0.6 is 0 Å². The normalized spacial score (nSPS) is 60.3. The second kappa shape index (κ2) is 1.82. The molecule has 1 nitrogen and oxygen atoms in total. The molecule has 0 unspecified atom stereocenters. The Morgan fingerprint density at radius 2 is 2.09 bits per heavy atom. The summed E-state index contributed by atoms with van der Waals surface area (Å²) >= 11 is 0. The first-order valence-electron chi connectivity index (χ1n) is 5.16. The predicted molar refractivity (Wildman–Crippen MR) is 43.8 cm³/mol. The van der Waals surface area contributed by atoms with Gasteiger partial charge in [0.05, 0.1) is 0 Å². The monoisotopic (exact) mass is 152 g/mol. The van der Waals surface area contributed by atoms with Gasteiger partial charge in [-0.15, -0.1) is 0 Å². The summed E-state index contributed by atoms with van der Waals surface area (Å²) in [5.41, 5.74) is 5.09. The molecule has 3 aliphatic carbocycles. The Bertz CT molecular complexity index is 189. The number of rotatable bonds is 0. The largest absolute Gasteiger partial charge is 0.352 e. The molecule has 0 saturated heterocycles. The van der Waals surface area contributed by atoms with Crippen molar-refractivity contribution >= 4 is 0 Å². The summed E-state index contributed by atoms with van der Waals surface area (Å²) in [6.07, 6.45) is 9.00. The van der Waals surface area contributed by atoms with Gasteiger partial charge in [0, 0.05) is 18.3 Å². The third-order valence-electron chi connectivity index (χ3n) is 4.75. The van der Waals surface area contributed by atoms with Gasteiger partial charge in [0.2, 0.25) is 0 Å². The van der Waals surface area contributed by atoms with Gasteiger partial charge in [-0.25, -0.2) is 0 Å². The van der Waals surface area contributed by atoms with E-state index in [4.69, 9.17) is 0 Å². The van der Waals surface area contributed by atoms with E-state index < -0.39 is 0 Å². The summed E-state index contributed by atoms with van der Waals surface area (Å²) in [6, 6.07) is 0. The van der Waals surface area contributed by atoms with Crippen molar-refractivity contribution in [2.75, 3.05) is 0 Å². The third kappa shape index (κ3) is 0.618. The lowest BCUT2D eigenvalue weighted by Crippen LogP contribution is -2.76. The van der Waals surface area contributed by atoms with E-state index in [0.717, 1.165) is 17.8 Å². The Morgan fingerprint density at radius 3 is 2.91 bits per heavy atom. The molecular formula is C10H18N+. The average Bonchev–Trinajstić information content (AvgIpc) is 2.54. The second-order valence-electron chi connectivity index (χ2n) is 5.00. The van der Waals surface area contributed by atoms with Crippen LogP contribution in [-0.4, -0.2) is 5.54 Å². The van der Waals surface area contributed by atoms with Crippen LogP contribution in [0.1, 0.15) is 38.5 Å². The van der Waals surface area contributed by atoms with Crippen molar-refractivity contribution < 1.29 is 5.73 Å². The predicted octanol–water partition coefficient (Wildman–Crippen LogP) is 1.20. The van der Waals surface area contributed by atoms with E-state index in [0.29, 0.717) is 5.54 Å². The van der Waals surface area contributed by atoms with Crippen LogP contribution in [0.4, 0.5) is 0 Å². The van der Waals surface area contributed by atoms with Gasteiger partial charge in [0.15, 0.2) is 0 Å². The van der Waals surface area contributed by atoms with Gasteiger partial charge < -0.3 is 5.73 Å². The van der Waals surface area contributed by atoms with Gasteiger partial charge in [0.1, 0.15) is 5.54 Å². The van der Waals surface area contributed by atoms with Crippen LogP contribution in [0.25, 0.3) is 0 Å². The van der Waals surface area contributed by atoms with Crippen LogP contribution in [-0.2, 0) is 0 Å². The molecule has 4 atom stereocenters. The van der Waals surface area contributed by atoms with Crippen molar-refractivity contribution in [3.8, 4) is 0 Å². The standard InChI is InChI=1S/C10H17N/c11-10-5-1-2-9(10)7-3-4-8(10)6-7/h7-9H,1-6,11H2/p+1/t7-,8-,9+,10-/m1/s1. The molecule has 3 rings (SSSR count). The molecule has 0 spiro atoms. The fourth-order valence-electron chi connectivity index (χ4n) is 4.24. The molecule has 11 heavy (non-hydrogen) atoms. The minimum atomic E-state index is 0.572. The SMILES string of the molecule is [NH3+][C@@]12CCC[C@H]1[C@@H]1CC[C@@H]2C1. The van der Waals surface area contributed by atoms with Crippen molar-refractivity contribution in [2.45, 2.75) is 44.1 Å². The lowest BCUT2D eigenvalue weighted by atomic mass is 9.76. The third-order valence-corrected chi connectivity index (χ3v) is 4.75. The molecule has 0 aromatic rings. The van der Waals surface area contributed by atoms with Crippen molar-refractivity contribution in [1.29, 1.82) is 0 Å². The zero-order chi connectivity index (χ0) is 7.47. The molecule has 3 fully saturated rings. The van der Waals surface area contributed by atoms with Crippen LogP contribution in [0.2, 0.25) is 0 Å². The maximum Gasteiger partial charge on any atom is 0.100 e. The Kier molecular flexibility index (Phi) is 1.07. The van der Waals surface area contributed by atoms with Crippen molar-refractivity contribution in [3.05, 3.63) is 0 Å². The minimum absolute atomic E-state index is 0.572. The summed E-state index contributed by atoms with van der Waals surface area (Å²) in [6.45, 7) is 0. The number of fused-ring (bicyclic) bond motifs is 5. The highest BCUT2D eigenvalue weighted by atomic mass is 14.9. The molecule has 3 saturated carbocycles. The Hall–Kier alpha value is -0.0400. The van der Waals surface area contributed by atoms with Gasteiger partial charge in [-0.3, -0.25) is 0 Å². The van der Waals surface area contributed by atoms with E-state index in [1.807, 2.05) is 0 Å². The molecule has 0 heterocycles. The molecule has 3 aliphatic rings. The first kappa shape index (κ1) is 6.47. The highest BCUT2D eigenvalue weighted by Crippen LogP contribution is 2.58. The zero-order valence-corrected chi connectivity index (χ0v) is 7.18. The molecule has 3 N–H and O–H groups in total. The van der Waals surface area contributed by atoms with Crippen LogP contribution in [0.5, 0.6) is 0 Å². The van der Waals surface area contributed by atoms with Gasteiger partial charge in [0.25, 0.3) is 0 Å². The van der Waals surface area contributed by atoms with Gasteiger partial charge in [-0.1, -0.05) is 0 Å². The van der Waals surface area contributed by atoms with Crippen molar-refractivity contribution in [2.24, 2.45) is 17.8 Å². The fourth-order valence-corrected chi connectivity index (χ4v) is 4.24. The maximum atomic E-state index is 4.51. The van der Waals surface area contributed by atoms with Gasteiger partial charge in [-0.05, 0) is 38.0 Å². The summed E-state index contributed by atoms with van der Waals surface area (Å²) < 4.78 is 0. The summed E-state index contributed by atoms with van der Waals surface area (Å²) in [5, 5.41) is 0. The van der Waals surface area contributed by atoms with E-state index in [1.54, 1.807) is 0 Å². The van der Waals surface area contributed by atoms with Gasteiger partial charge in [-0.2, -0.15) is 0 Å². The first-order chi connectivity index (χ1) is 5.31. The average molecular weight is 152 g/mol. The van der Waals surface area contributed by atoms with Crippen molar-refractivity contribution in [1.82, 2.24) is 0 Å². The highest BCUT2D eigenvalue weighted by Gasteiger charge is 2.60. The molecule has 2 bridgehead atoms. The van der Waals surface area contributed by atoms with Crippen LogP contribution in [0, 0.1) is 17.8 Å². The lowest BCUT2D eigenvalue weighted by molar-refractivity contribution is -0.499. The lowest BCUT2D eigenvalue weighted by Gasteiger charge is -2.31. The van der Waals surface area contributed by atoms with E-state index in [-0.39, 0.29) is 0 Å². The topological polar surface area (TPSA) is 27.6 Å². The Morgan fingerprint density at radius 1 is 1.18 bits per heavy atom. The molecule has 62 valence electrons. The second-order valence-corrected chi connectivity index (χ2v) is 5.00. The first-order valence-corrected chi connectivity index (χ1v) is 5.16. The van der Waals surface area contributed by atoms with E-state index in [2.05, 4.69) is 5.73 Å². The molecule has 1 heteroatoms. The summed E-state index contributed by atoms with van der Waals surface area (Å²) in [7, 11) is 0. The zero-order valence-electron chi connectivity index (χ0n) is 7.18. The molecular weight excluding hydrogens is 134 g/mol. The van der Waals surface area contributed by atoms with Gasteiger partial charge >= 0.3 is 0 Å². The molecule has 0 radical (unpaired) electrons. The molecule has 0 aliphatic heterocycles. The highest BCUT2D eigenvalue weighted by molar-refractivity contribution is 5.08. The summed E-state index contributed by atoms with van der Waals surface area (Å²) in [5.74, 6) is 3.17. The quantitative estimate of drug-likeness (QED) is 0.540. The smallest absolute Gasteiger partial charge is 0.100 e. The molecule has 0 amide bonds.